The summed E-state index contributed by atoms with van der Waals surface area (Å²) < 4.78 is 0. The largest absolute Gasteiger partial charge is 0.308 e. The molecule has 2 rings (SSSR count). The summed E-state index contributed by atoms with van der Waals surface area (Å²) in [6.07, 6.45) is 6.83. The van der Waals surface area contributed by atoms with E-state index in [2.05, 4.69) is 42.7 Å². The fourth-order valence-electron chi connectivity index (χ4n) is 3.27. The van der Waals surface area contributed by atoms with Gasteiger partial charge in [0.2, 0.25) is 0 Å². The third-order valence-corrected chi connectivity index (χ3v) is 6.35. The maximum atomic E-state index is 3.80. The van der Waals surface area contributed by atoms with Gasteiger partial charge in [-0.15, -0.1) is 0 Å². The fourth-order valence-corrected chi connectivity index (χ4v) is 4.61. The Hall–Kier alpha value is 0.270. The highest BCUT2D eigenvalue weighted by Gasteiger charge is 2.35. The summed E-state index contributed by atoms with van der Waals surface area (Å²) >= 11 is 2.21. The lowest BCUT2D eigenvalue weighted by molar-refractivity contribution is 0.0804. The van der Waals surface area contributed by atoms with Crippen LogP contribution in [-0.4, -0.2) is 47.1 Å². The molecule has 2 fully saturated rings. The Morgan fingerprint density at radius 3 is 2.67 bits per heavy atom. The van der Waals surface area contributed by atoms with E-state index in [4.69, 9.17) is 0 Å². The van der Waals surface area contributed by atoms with Gasteiger partial charge >= 0.3 is 0 Å². The third-order valence-electron chi connectivity index (χ3n) is 4.97. The number of piperazine rings is 1. The summed E-state index contributed by atoms with van der Waals surface area (Å²) in [6, 6.07) is 0.707. The van der Waals surface area contributed by atoms with E-state index in [0.29, 0.717) is 11.6 Å². The van der Waals surface area contributed by atoms with Gasteiger partial charge in [0, 0.05) is 36.5 Å². The van der Waals surface area contributed by atoms with Crippen molar-refractivity contribution in [2.24, 2.45) is 0 Å². The molecule has 0 bridgehead atoms. The molecule has 2 unspecified atom stereocenters. The average Bonchev–Trinajstić information content (AvgIpc) is 2.43. The first-order chi connectivity index (χ1) is 8.69. The van der Waals surface area contributed by atoms with E-state index in [9.17, 15) is 0 Å². The Bertz CT molecular complexity index is 247. The molecule has 18 heavy (non-hydrogen) atoms. The molecule has 2 nitrogen and oxygen atoms in total. The molecule has 3 heteroatoms. The number of hydrogen-bond acceptors (Lipinski definition) is 3. The summed E-state index contributed by atoms with van der Waals surface area (Å²) in [5.74, 6) is 1.39. The van der Waals surface area contributed by atoms with Gasteiger partial charge in [0.05, 0.1) is 0 Å². The normalized spacial score (nSPS) is 33.5. The number of hydrogen-bond donors (Lipinski definition) is 1. The van der Waals surface area contributed by atoms with E-state index >= 15 is 0 Å². The van der Waals surface area contributed by atoms with E-state index in [0.717, 1.165) is 5.25 Å². The molecule has 0 amide bonds. The van der Waals surface area contributed by atoms with Crippen LogP contribution in [0.2, 0.25) is 0 Å². The van der Waals surface area contributed by atoms with Gasteiger partial charge in [0.15, 0.2) is 0 Å². The second kappa shape index (κ2) is 6.62. The predicted molar refractivity (Wildman–Crippen MR) is 82.4 cm³/mol. The van der Waals surface area contributed by atoms with Crippen LogP contribution in [0.25, 0.3) is 0 Å². The van der Waals surface area contributed by atoms with E-state index in [1.165, 1.54) is 57.5 Å². The highest BCUT2D eigenvalue weighted by atomic mass is 32.2. The first kappa shape index (κ1) is 14.7. The molecule has 0 aromatic carbocycles. The van der Waals surface area contributed by atoms with Crippen LogP contribution in [0.3, 0.4) is 0 Å². The fraction of sp³-hybridized carbons (Fsp3) is 1.00. The quantitative estimate of drug-likeness (QED) is 0.845. The van der Waals surface area contributed by atoms with Crippen LogP contribution < -0.4 is 5.32 Å². The zero-order valence-electron chi connectivity index (χ0n) is 12.4. The van der Waals surface area contributed by atoms with Gasteiger partial charge in [-0.05, 0) is 38.4 Å². The monoisotopic (exact) mass is 270 g/mol. The second-order valence-electron chi connectivity index (χ2n) is 6.14. The van der Waals surface area contributed by atoms with Gasteiger partial charge in [-0.3, -0.25) is 4.90 Å². The molecule has 0 aromatic heterocycles. The first-order valence-electron chi connectivity index (χ1n) is 7.80. The minimum atomic E-state index is 0.381. The number of thioether (sulfide) groups is 1. The van der Waals surface area contributed by atoms with Crippen molar-refractivity contribution in [3.8, 4) is 0 Å². The topological polar surface area (TPSA) is 15.3 Å². The first-order valence-corrected chi connectivity index (χ1v) is 8.84. The number of rotatable bonds is 4. The van der Waals surface area contributed by atoms with Crippen LogP contribution in [-0.2, 0) is 0 Å². The molecule has 2 aliphatic rings. The van der Waals surface area contributed by atoms with E-state index < -0.39 is 0 Å². The molecule has 0 aromatic rings. The van der Waals surface area contributed by atoms with E-state index in [1.54, 1.807) is 0 Å². The minimum Gasteiger partial charge on any atom is -0.308 e. The van der Waals surface area contributed by atoms with Gasteiger partial charge < -0.3 is 5.32 Å². The molecule has 106 valence electrons. The maximum absolute atomic E-state index is 3.80. The average molecular weight is 270 g/mol. The predicted octanol–water partition coefficient (Wildman–Crippen LogP) is 3.12. The summed E-state index contributed by atoms with van der Waals surface area (Å²) in [5, 5.41) is 4.69. The zero-order chi connectivity index (χ0) is 13.0. The van der Waals surface area contributed by atoms with Gasteiger partial charge in [-0.2, -0.15) is 11.8 Å². The summed E-state index contributed by atoms with van der Waals surface area (Å²) in [4.78, 5) is 2.76. The third kappa shape index (κ3) is 3.43. The Morgan fingerprint density at radius 1 is 1.28 bits per heavy atom. The lowest BCUT2D eigenvalue weighted by Crippen LogP contribution is -2.63. The standard InChI is InChI=1S/C15H30N2S/c1-4-15(5-2)12-17(13(3)10-16-15)11-14-8-6-7-9-18-14/h13-14,16H,4-12H2,1-3H3. The lowest BCUT2D eigenvalue weighted by atomic mass is 9.88. The molecule has 0 radical (unpaired) electrons. The molecule has 2 atom stereocenters. The van der Waals surface area contributed by atoms with Crippen molar-refractivity contribution in [2.45, 2.75) is 69.7 Å². The lowest BCUT2D eigenvalue weighted by Gasteiger charge is -2.47. The smallest absolute Gasteiger partial charge is 0.0304 e. The van der Waals surface area contributed by atoms with Crippen molar-refractivity contribution in [3.63, 3.8) is 0 Å². The van der Waals surface area contributed by atoms with Crippen molar-refractivity contribution in [3.05, 3.63) is 0 Å². The molecule has 2 saturated heterocycles. The SMILES string of the molecule is CCC1(CC)CN(CC2CCCCS2)C(C)CN1. The van der Waals surface area contributed by atoms with Crippen molar-refractivity contribution in [2.75, 3.05) is 25.4 Å². The molecule has 2 aliphatic heterocycles. The Balaban J connectivity index is 1.92. The molecular formula is C15H30N2S. The van der Waals surface area contributed by atoms with Crippen molar-refractivity contribution >= 4 is 11.8 Å². The van der Waals surface area contributed by atoms with Crippen LogP contribution in [0.1, 0.15) is 52.9 Å². The zero-order valence-corrected chi connectivity index (χ0v) is 13.2. The van der Waals surface area contributed by atoms with Crippen LogP contribution in [0, 0.1) is 0 Å². The van der Waals surface area contributed by atoms with Crippen molar-refractivity contribution in [1.29, 1.82) is 0 Å². The molecule has 2 heterocycles. The van der Waals surface area contributed by atoms with Crippen LogP contribution in [0.15, 0.2) is 0 Å². The number of nitrogens with one attached hydrogen (secondary N) is 1. The van der Waals surface area contributed by atoms with Gasteiger partial charge in [-0.1, -0.05) is 20.3 Å². The van der Waals surface area contributed by atoms with Crippen molar-refractivity contribution in [1.82, 2.24) is 10.2 Å². The van der Waals surface area contributed by atoms with Crippen molar-refractivity contribution < 1.29 is 0 Å². The molecule has 1 N–H and O–H groups in total. The van der Waals surface area contributed by atoms with Gasteiger partial charge in [0.1, 0.15) is 0 Å². The van der Waals surface area contributed by atoms with E-state index in [1.807, 2.05) is 0 Å². The maximum Gasteiger partial charge on any atom is 0.0304 e. The molecule has 0 saturated carbocycles. The molecule has 0 aliphatic carbocycles. The Morgan fingerprint density at radius 2 is 2.06 bits per heavy atom. The molecular weight excluding hydrogens is 240 g/mol. The van der Waals surface area contributed by atoms with Crippen LogP contribution in [0.5, 0.6) is 0 Å². The second-order valence-corrected chi connectivity index (χ2v) is 7.54. The molecule has 0 spiro atoms. The van der Waals surface area contributed by atoms with E-state index in [-0.39, 0.29) is 0 Å². The highest BCUT2D eigenvalue weighted by Crippen LogP contribution is 2.29. The van der Waals surface area contributed by atoms with Crippen LogP contribution in [0.4, 0.5) is 0 Å². The van der Waals surface area contributed by atoms with Gasteiger partial charge in [-0.25, -0.2) is 0 Å². The Labute approximate surface area is 117 Å². The number of nitrogens with zero attached hydrogens (tertiary/aromatic N) is 1. The summed E-state index contributed by atoms with van der Waals surface area (Å²) in [5.41, 5.74) is 0.381. The Kier molecular flexibility index (Phi) is 5.40. The minimum absolute atomic E-state index is 0.381. The summed E-state index contributed by atoms with van der Waals surface area (Å²) in [7, 11) is 0. The van der Waals surface area contributed by atoms with Gasteiger partial charge in [0.25, 0.3) is 0 Å². The van der Waals surface area contributed by atoms with Crippen LogP contribution >= 0.6 is 11.8 Å². The highest BCUT2D eigenvalue weighted by molar-refractivity contribution is 7.99. The summed E-state index contributed by atoms with van der Waals surface area (Å²) in [6.45, 7) is 10.8.